The molecule has 2 aromatic heterocycles. The van der Waals surface area contributed by atoms with Gasteiger partial charge in [0.25, 0.3) is 0 Å². The number of carbonyl (C=O) groups is 1. The number of nitrogens with zero attached hydrogens (tertiary/aromatic N) is 2. The number of ketones is 1. The highest BCUT2D eigenvalue weighted by Crippen LogP contribution is 2.19. The van der Waals surface area contributed by atoms with Crippen molar-refractivity contribution in [3.05, 3.63) is 40.1 Å². The van der Waals surface area contributed by atoms with Crippen molar-refractivity contribution in [2.45, 2.75) is 33.2 Å². The van der Waals surface area contributed by atoms with Crippen LogP contribution in [0.1, 0.15) is 47.7 Å². The van der Waals surface area contributed by atoms with Gasteiger partial charge in [-0.05, 0) is 13.0 Å². The maximum absolute atomic E-state index is 11.2. The van der Waals surface area contributed by atoms with E-state index in [1.807, 2.05) is 23.0 Å². The Balaban J connectivity index is 2.11. The Morgan fingerprint density at radius 3 is 2.82 bits per heavy atom. The second-order valence-electron chi connectivity index (χ2n) is 4.46. The number of hydrogen-bond acceptors (Lipinski definition) is 3. The van der Waals surface area contributed by atoms with Crippen molar-refractivity contribution in [2.75, 3.05) is 0 Å². The molecular formula is C13H16N2OS. The van der Waals surface area contributed by atoms with Crippen LogP contribution in [0.25, 0.3) is 0 Å². The van der Waals surface area contributed by atoms with Gasteiger partial charge >= 0.3 is 0 Å². The topological polar surface area (TPSA) is 34.9 Å². The van der Waals surface area contributed by atoms with E-state index in [1.165, 1.54) is 5.01 Å². The first-order valence-corrected chi connectivity index (χ1v) is 6.55. The van der Waals surface area contributed by atoms with Crippen LogP contribution in [-0.4, -0.2) is 15.3 Å². The van der Waals surface area contributed by atoms with Gasteiger partial charge in [0.1, 0.15) is 0 Å². The first-order chi connectivity index (χ1) is 8.06. The van der Waals surface area contributed by atoms with Gasteiger partial charge in [0.05, 0.1) is 17.2 Å². The number of thiazole rings is 1. The van der Waals surface area contributed by atoms with Gasteiger partial charge in [0, 0.05) is 29.3 Å². The Bertz CT molecular complexity index is 525. The molecular weight excluding hydrogens is 232 g/mol. The van der Waals surface area contributed by atoms with Gasteiger partial charge < -0.3 is 4.57 Å². The molecule has 0 aliphatic heterocycles. The van der Waals surface area contributed by atoms with Crippen LogP contribution in [0, 0.1) is 0 Å². The zero-order chi connectivity index (χ0) is 12.4. The molecule has 0 aromatic carbocycles. The van der Waals surface area contributed by atoms with E-state index in [9.17, 15) is 4.79 Å². The van der Waals surface area contributed by atoms with Gasteiger partial charge in [-0.2, -0.15) is 0 Å². The molecule has 0 saturated heterocycles. The van der Waals surface area contributed by atoms with Gasteiger partial charge in [0.15, 0.2) is 5.78 Å². The van der Waals surface area contributed by atoms with Crippen LogP contribution in [-0.2, 0) is 6.54 Å². The van der Waals surface area contributed by atoms with Crippen LogP contribution in [0.2, 0.25) is 0 Å². The molecule has 4 heteroatoms. The second-order valence-corrected chi connectivity index (χ2v) is 5.35. The molecule has 17 heavy (non-hydrogen) atoms. The first kappa shape index (κ1) is 12.0. The summed E-state index contributed by atoms with van der Waals surface area (Å²) in [5.74, 6) is 0.580. The average molecular weight is 248 g/mol. The standard InChI is InChI=1S/C13H16N2OS/c1-9(2)13-14-12(8-17-13)7-15-5-4-11(6-15)10(3)16/h4-6,8-9H,7H2,1-3H3. The maximum atomic E-state index is 11.2. The van der Waals surface area contributed by atoms with Crippen molar-refractivity contribution in [3.63, 3.8) is 0 Å². The smallest absolute Gasteiger partial charge is 0.161 e. The molecule has 0 unspecified atom stereocenters. The summed E-state index contributed by atoms with van der Waals surface area (Å²) in [4.78, 5) is 15.7. The van der Waals surface area contributed by atoms with Crippen LogP contribution in [0.15, 0.2) is 23.8 Å². The third-order valence-electron chi connectivity index (χ3n) is 2.56. The zero-order valence-corrected chi connectivity index (χ0v) is 11.1. The molecule has 2 aromatic rings. The number of Topliss-reactive ketones (excluding diaryl/α,β-unsaturated/α-hetero) is 1. The molecule has 2 heterocycles. The summed E-state index contributed by atoms with van der Waals surface area (Å²) in [5.41, 5.74) is 1.81. The minimum atomic E-state index is 0.102. The van der Waals surface area contributed by atoms with E-state index >= 15 is 0 Å². The van der Waals surface area contributed by atoms with Gasteiger partial charge in [-0.15, -0.1) is 11.3 Å². The lowest BCUT2D eigenvalue weighted by atomic mass is 10.2. The predicted octanol–water partition coefficient (Wildman–Crippen LogP) is 3.32. The molecule has 0 atom stereocenters. The molecule has 0 spiro atoms. The van der Waals surface area contributed by atoms with E-state index in [0.717, 1.165) is 17.8 Å². The van der Waals surface area contributed by atoms with Gasteiger partial charge in [-0.25, -0.2) is 4.98 Å². The first-order valence-electron chi connectivity index (χ1n) is 5.67. The summed E-state index contributed by atoms with van der Waals surface area (Å²) in [5, 5.41) is 3.25. The quantitative estimate of drug-likeness (QED) is 0.778. The van der Waals surface area contributed by atoms with Gasteiger partial charge in [-0.3, -0.25) is 4.79 Å². The summed E-state index contributed by atoms with van der Waals surface area (Å²) in [6, 6.07) is 1.85. The summed E-state index contributed by atoms with van der Waals surface area (Å²) in [6.07, 6.45) is 3.79. The molecule has 0 saturated carbocycles. The molecule has 0 bridgehead atoms. The van der Waals surface area contributed by atoms with E-state index in [4.69, 9.17) is 0 Å². The summed E-state index contributed by atoms with van der Waals surface area (Å²) >= 11 is 1.70. The Kier molecular flexibility index (Phi) is 3.43. The molecule has 90 valence electrons. The number of hydrogen-bond donors (Lipinski definition) is 0. The Labute approximate surface area is 105 Å². The lowest BCUT2D eigenvalue weighted by molar-refractivity contribution is 0.101. The third-order valence-corrected chi connectivity index (χ3v) is 3.76. The zero-order valence-electron chi connectivity index (χ0n) is 10.3. The number of rotatable bonds is 4. The SMILES string of the molecule is CC(=O)c1ccn(Cc2csc(C(C)C)n2)c1. The predicted molar refractivity (Wildman–Crippen MR) is 69.7 cm³/mol. The van der Waals surface area contributed by atoms with E-state index in [-0.39, 0.29) is 5.78 Å². The fourth-order valence-corrected chi connectivity index (χ4v) is 2.42. The van der Waals surface area contributed by atoms with Gasteiger partial charge in [0.2, 0.25) is 0 Å². The molecule has 0 fully saturated rings. The largest absolute Gasteiger partial charge is 0.348 e. The Morgan fingerprint density at radius 2 is 2.29 bits per heavy atom. The van der Waals surface area contributed by atoms with Crippen molar-refractivity contribution in [2.24, 2.45) is 0 Å². The van der Waals surface area contributed by atoms with Crippen molar-refractivity contribution in [3.8, 4) is 0 Å². The highest BCUT2D eigenvalue weighted by atomic mass is 32.1. The summed E-state index contributed by atoms with van der Waals surface area (Å²) in [7, 11) is 0. The van der Waals surface area contributed by atoms with Crippen molar-refractivity contribution in [1.29, 1.82) is 0 Å². The Morgan fingerprint density at radius 1 is 1.53 bits per heavy atom. The second kappa shape index (κ2) is 4.84. The molecule has 0 amide bonds. The lowest BCUT2D eigenvalue weighted by Gasteiger charge is -1.99. The number of carbonyl (C=O) groups excluding carboxylic acids is 1. The summed E-state index contributed by atoms with van der Waals surface area (Å²) < 4.78 is 2.00. The minimum Gasteiger partial charge on any atom is -0.348 e. The van der Waals surface area contributed by atoms with Gasteiger partial charge in [-0.1, -0.05) is 13.8 Å². The molecule has 0 aliphatic carbocycles. The normalized spacial score (nSPS) is 11.1. The van der Waals surface area contributed by atoms with Crippen molar-refractivity contribution >= 4 is 17.1 Å². The Hall–Kier alpha value is -1.42. The van der Waals surface area contributed by atoms with Crippen LogP contribution in [0.4, 0.5) is 0 Å². The molecule has 0 N–H and O–H groups in total. The summed E-state index contributed by atoms with van der Waals surface area (Å²) in [6.45, 7) is 6.61. The van der Waals surface area contributed by atoms with Crippen LogP contribution in [0.5, 0.6) is 0 Å². The van der Waals surface area contributed by atoms with Crippen molar-refractivity contribution in [1.82, 2.24) is 9.55 Å². The highest BCUT2D eigenvalue weighted by Gasteiger charge is 2.07. The number of aromatic nitrogens is 2. The van der Waals surface area contributed by atoms with Crippen molar-refractivity contribution < 1.29 is 4.79 Å². The van der Waals surface area contributed by atoms with Crippen LogP contribution in [0.3, 0.4) is 0 Å². The minimum absolute atomic E-state index is 0.102. The third kappa shape index (κ3) is 2.82. The van der Waals surface area contributed by atoms with Crippen LogP contribution >= 0.6 is 11.3 Å². The lowest BCUT2D eigenvalue weighted by Crippen LogP contribution is -1.98. The monoisotopic (exact) mass is 248 g/mol. The molecule has 2 rings (SSSR count). The molecule has 3 nitrogen and oxygen atoms in total. The fraction of sp³-hybridized carbons (Fsp3) is 0.385. The maximum Gasteiger partial charge on any atom is 0.161 e. The van der Waals surface area contributed by atoms with E-state index in [0.29, 0.717) is 5.92 Å². The van der Waals surface area contributed by atoms with Crippen LogP contribution < -0.4 is 0 Å². The fourth-order valence-electron chi connectivity index (χ4n) is 1.59. The van der Waals surface area contributed by atoms with E-state index in [1.54, 1.807) is 18.3 Å². The van der Waals surface area contributed by atoms with E-state index < -0.39 is 0 Å². The van der Waals surface area contributed by atoms with E-state index in [2.05, 4.69) is 24.2 Å². The average Bonchev–Trinajstić information content (AvgIpc) is 2.87. The molecule has 0 radical (unpaired) electrons. The molecule has 0 aliphatic rings. The highest BCUT2D eigenvalue weighted by molar-refractivity contribution is 7.09.